The molecule has 1 heterocycles. The van der Waals surface area contributed by atoms with Crippen molar-refractivity contribution in [3.63, 3.8) is 0 Å². The highest BCUT2D eigenvalue weighted by Gasteiger charge is 2.45. The van der Waals surface area contributed by atoms with Crippen molar-refractivity contribution < 1.29 is 9.13 Å². The second-order valence-corrected chi connectivity index (χ2v) is 7.73. The number of hydrogen-bond donors (Lipinski definition) is 2. The molecule has 1 saturated carbocycles. The molecule has 5 unspecified atom stereocenters. The van der Waals surface area contributed by atoms with E-state index in [-0.39, 0.29) is 11.9 Å². The molecule has 138 valence electrons. The van der Waals surface area contributed by atoms with Crippen LogP contribution >= 0.6 is 0 Å². The Balaban J connectivity index is 1.57. The molecule has 4 rings (SSSR count). The number of nitrogens with one attached hydrogen (secondary N) is 2. The lowest BCUT2D eigenvalue weighted by Crippen LogP contribution is -2.51. The molecule has 0 aromatic heterocycles. The van der Waals surface area contributed by atoms with Gasteiger partial charge in [-0.1, -0.05) is 37.3 Å². The van der Waals surface area contributed by atoms with Crippen molar-refractivity contribution in [1.29, 1.82) is 0 Å². The van der Waals surface area contributed by atoms with Gasteiger partial charge in [0, 0.05) is 30.2 Å². The topological polar surface area (TPSA) is 33.3 Å². The maximum Gasteiger partial charge on any atom is 0.123 e. The molecule has 2 aromatic carbocycles. The molecule has 3 nitrogen and oxygen atoms in total. The van der Waals surface area contributed by atoms with Crippen LogP contribution < -0.4 is 15.4 Å². The third kappa shape index (κ3) is 3.36. The number of rotatable bonds is 5. The summed E-state index contributed by atoms with van der Waals surface area (Å²) in [4.78, 5) is 0. The number of piperidine rings is 1. The van der Waals surface area contributed by atoms with E-state index in [9.17, 15) is 4.39 Å². The van der Waals surface area contributed by atoms with Crippen molar-refractivity contribution in [3.8, 4) is 5.75 Å². The Morgan fingerprint density at radius 3 is 2.73 bits per heavy atom. The minimum atomic E-state index is -0.224. The average molecular weight is 354 g/mol. The first-order valence-corrected chi connectivity index (χ1v) is 9.52. The largest absolute Gasteiger partial charge is 0.496 e. The van der Waals surface area contributed by atoms with Crippen LogP contribution in [0.2, 0.25) is 0 Å². The molecule has 2 N–H and O–H groups in total. The molecule has 2 bridgehead atoms. The zero-order chi connectivity index (χ0) is 18.1. The SMILES string of the molecule is COc1ccc(F)cc1CNC1C2CC(C)C(C2)NC1c1ccccc1. The number of benzene rings is 2. The van der Waals surface area contributed by atoms with Crippen LogP contribution in [-0.2, 0) is 6.54 Å². The van der Waals surface area contributed by atoms with E-state index in [0.29, 0.717) is 30.5 Å². The summed E-state index contributed by atoms with van der Waals surface area (Å²) in [6, 6.07) is 16.6. The van der Waals surface area contributed by atoms with Gasteiger partial charge in [-0.05, 0) is 48.4 Å². The Morgan fingerprint density at radius 2 is 1.96 bits per heavy atom. The van der Waals surface area contributed by atoms with Crippen LogP contribution in [0.25, 0.3) is 0 Å². The van der Waals surface area contributed by atoms with Gasteiger partial charge in [-0.15, -0.1) is 0 Å². The number of methoxy groups -OCH3 is 1. The Labute approximate surface area is 155 Å². The lowest BCUT2D eigenvalue weighted by atomic mass is 9.84. The Bertz CT molecular complexity index is 749. The number of ether oxygens (including phenoxy) is 1. The number of hydrogen-bond acceptors (Lipinski definition) is 3. The minimum absolute atomic E-state index is 0.224. The molecular formula is C22H27FN2O. The maximum atomic E-state index is 13.7. The normalized spacial score (nSPS) is 30.3. The number of fused-ring (bicyclic) bond motifs is 2. The maximum absolute atomic E-state index is 13.7. The summed E-state index contributed by atoms with van der Waals surface area (Å²) in [5.74, 6) is 1.85. The van der Waals surface area contributed by atoms with Gasteiger partial charge in [0.05, 0.1) is 7.11 Å². The Morgan fingerprint density at radius 1 is 1.15 bits per heavy atom. The fourth-order valence-electron chi connectivity index (χ4n) is 4.79. The van der Waals surface area contributed by atoms with Crippen molar-refractivity contribution in [2.45, 2.75) is 44.4 Å². The smallest absolute Gasteiger partial charge is 0.123 e. The van der Waals surface area contributed by atoms with E-state index in [4.69, 9.17) is 4.74 Å². The summed E-state index contributed by atoms with van der Waals surface area (Å²) < 4.78 is 19.1. The summed E-state index contributed by atoms with van der Waals surface area (Å²) >= 11 is 0. The van der Waals surface area contributed by atoms with Gasteiger partial charge in [-0.2, -0.15) is 0 Å². The van der Waals surface area contributed by atoms with Crippen LogP contribution in [0.1, 0.15) is 36.9 Å². The van der Waals surface area contributed by atoms with Gasteiger partial charge in [0.15, 0.2) is 0 Å². The van der Waals surface area contributed by atoms with Gasteiger partial charge in [-0.25, -0.2) is 4.39 Å². The van der Waals surface area contributed by atoms with Crippen molar-refractivity contribution >= 4 is 0 Å². The van der Waals surface area contributed by atoms with Gasteiger partial charge in [-0.3, -0.25) is 0 Å². The first-order chi connectivity index (χ1) is 12.7. The highest BCUT2D eigenvalue weighted by molar-refractivity contribution is 5.34. The van der Waals surface area contributed by atoms with Crippen LogP contribution in [0.3, 0.4) is 0 Å². The fourth-order valence-corrected chi connectivity index (χ4v) is 4.79. The molecule has 4 heteroatoms. The molecular weight excluding hydrogens is 327 g/mol. The summed E-state index contributed by atoms with van der Waals surface area (Å²) in [6.45, 7) is 2.95. The standard InChI is InChI=1S/C22H27FN2O/c1-14-10-16-12-19(14)25-22(15-6-4-3-5-7-15)21(16)24-13-17-11-18(23)8-9-20(17)26-2/h3-9,11,14,16,19,21-22,24-25H,10,12-13H2,1-2H3. The number of halogens is 1. The van der Waals surface area contributed by atoms with Crippen LogP contribution in [0.5, 0.6) is 5.75 Å². The summed E-state index contributed by atoms with van der Waals surface area (Å²) in [7, 11) is 1.63. The molecule has 5 atom stereocenters. The van der Waals surface area contributed by atoms with E-state index in [1.807, 2.05) is 0 Å². The predicted molar refractivity (Wildman–Crippen MR) is 102 cm³/mol. The second-order valence-electron chi connectivity index (χ2n) is 7.73. The second kappa shape index (κ2) is 7.37. The highest BCUT2D eigenvalue weighted by Crippen LogP contribution is 2.43. The molecule has 0 amide bonds. The molecule has 0 spiro atoms. The molecule has 26 heavy (non-hydrogen) atoms. The van der Waals surface area contributed by atoms with Crippen molar-refractivity contribution in [2.75, 3.05) is 7.11 Å². The van der Waals surface area contributed by atoms with Gasteiger partial charge in [0.2, 0.25) is 0 Å². The van der Waals surface area contributed by atoms with E-state index in [0.717, 1.165) is 11.3 Å². The highest BCUT2D eigenvalue weighted by atomic mass is 19.1. The molecule has 2 fully saturated rings. The first-order valence-electron chi connectivity index (χ1n) is 9.52. The van der Waals surface area contributed by atoms with E-state index < -0.39 is 0 Å². The average Bonchev–Trinajstić information content (AvgIpc) is 2.96. The van der Waals surface area contributed by atoms with E-state index in [2.05, 4.69) is 47.9 Å². The van der Waals surface area contributed by atoms with Crippen molar-refractivity contribution in [2.24, 2.45) is 11.8 Å². The van der Waals surface area contributed by atoms with Crippen LogP contribution in [-0.4, -0.2) is 19.2 Å². The lowest BCUT2D eigenvalue weighted by molar-refractivity contribution is 0.221. The van der Waals surface area contributed by atoms with Gasteiger partial charge >= 0.3 is 0 Å². The third-order valence-corrected chi connectivity index (χ3v) is 6.11. The summed E-state index contributed by atoms with van der Waals surface area (Å²) in [6.07, 6.45) is 2.45. The Kier molecular flexibility index (Phi) is 4.96. The molecule has 2 aliphatic rings. The van der Waals surface area contributed by atoms with Crippen LogP contribution in [0, 0.1) is 17.7 Å². The minimum Gasteiger partial charge on any atom is -0.496 e. The zero-order valence-electron chi connectivity index (χ0n) is 15.4. The third-order valence-electron chi connectivity index (χ3n) is 6.11. The van der Waals surface area contributed by atoms with Crippen molar-refractivity contribution in [1.82, 2.24) is 10.6 Å². The summed E-state index contributed by atoms with van der Waals surface area (Å²) in [5, 5.41) is 7.60. The van der Waals surface area contributed by atoms with Crippen molar-refractivity contribution in [3.05, 3.63) is 65.5 Å². The molecule has 1 saturated heterocycles. The van der Waals surface area contributed by atoms with E-state index in [1.165, 1.54) is 24.5 Å². The van der Waals surface area contributed by atoms with Gasteiger partial charge in [0.1, 0.15) is 11.6 Å². The molecule has 2 aromatic rings. The summed E-state index contributed by atoms with van der Waals surface area (Å²) in [5.41, 5.74) is 2.19. The Hall–Kier alpha value is -1.91. The molecule has 0 radical (unpaired) electrons. The van der Waals surface area contributed by atoms with Gasteiger partial charge in [0.25, 0.3) is 0 Å². The predicted octanol–water partition coefficient (Wildman–Crippen LogP) is 4.05. The first kappa shape index (κ1) is 17.5. The van der Waals surface area contributed by atoms with E-state index in [1.54, 1.807) is 19.2 Å². The zero-order valence-corrected chi connectivity index (χ0v) is 15.4. The molecule has 1 aliphatic carbocycles. The van der Waals surface area contributed by atoms with Gasteiger partial charge < -0.3 is 15.4 Å². The lowest BCUT2D eigenvalue weighted by Gasteiger charge is -2.39. The van der Waals surface area contributed by atoms with E-state index >= 15 is 0 Å². The molecule has 1 aliphatic heterocycles. The fraction of sp³-hybridized carbons (Fsp3) is 0.455. The van der Waals surface area contributed by atoms with Crippen LogP contribution in [0.15, 0.2) is 48.5 Å². The van der Waals surface area contributed by atoms with Crippen LogP contribution in [0.4, 0.5) is 4.39 Å². The quantitative estimate of drug-likeness (QED) is 0.850. The monoisotopic (exact) mass is 354 g/mol.